The predicted octanol–water partition coefficient (Wildman–Crippen LogP) is 1.62. The van der Waals surface area contributed by atoms with Gasteiger partial charge in [-0.25, -0.2) is 0 Å². The van der Waals surface area contributed by atoms with Gasteiger partial charge in [0.1, 0.15) is 11.9 Å². The van der Waals surface area contributed by atoms with Crippen LogP contribution in [0.5, 0.6) is 0 Å². The summed E-state index contributed by atoms with van der Waals surface area (Å²) in [6.45, 7) is 3.58. The molecule has 2 rings (SSSR count). The van der Waals surface area contributed by atoms with Crippen molar-refractivity contribution in [1.82, 2.24) is 0 Å². The number of methoxy groups -OCH3 is 1. The topological polar surface area (TPSA) is 34.9 Å². The average Bonchev–Trinajstić information content (AvgIpc) is 2.74. The SMILES string of the molecule is COCC1CO1.Cc1ccco1. The van der Waals surface area contributed by atoms with E-state index >= 15 is 0 Å². The normalized spacial score (nSPS) is 19.7. The van der Waals surface area contributed by atoms with Gasteiger partial charge in [-0.15, -0.1) is 0 Å². The van der Waals surface area contributed by atoms with Crippen LogP contribution in [0, 0.1) is 6.92 Å². The lowest BCUT2D eigenvalue weighted by atomic mass is 10.5. The first kappa shape index (κ1) is 9.29. The van der Waals surface area contributed by atoms with E-state index in [-0.39, 0.29) is 0 Å². The van der Waals surface area contributed by atoms with Gasteiger partial charge in [0.05, 0.1) is 19.5 Å². The van der Waals surface area contributed by atoms with E-state index in [1.807, 2.05) is 19.1 Å². The molecule has 2 heterocycles. The van der Waals surface area contributed by atoms with Gasteiger partial charge >= 0.3 is 0 Å². The van der Waals surface area contributed by atoms with Gasteiger partial charge in [0, 0.05) is 7.11 Å². The van der Waals surface area contributed by atoms with Crippen LogP contribution in [-0.4, -0.2) is 26.4 Å². The molecule has 1 atom stereocenters. The summed E-state index contributed by atoms with van der Waals surface area (Å²) in [5, 5.41) is 0. The minimum Gasteiger partial charge on any atom is -0.470 e. The van der Waals surface area contributed by atoms with Crippen molar-refractivity contribution < 1.29 is 13.9 Å². The Hall–Kier alpha value is -0.800. The van der Waals surface area contributed by atoms with Crippen molar-refractivity contribution in [2.24, 2.45) is 0 Å². The van der Waals surface area contributed by atoms with Gasteiger partial charge in [0.25, 0.3) is 0 Å². The summed E-state index contributed by atoms with van der Waals surface area (Å²) in [4.78, 5) is 0. The van der Waals surface area contributed by atoms with Gasteiger partial charge in [-0.3, -0.25) is 0 Å². The van der Waals surface area contributed by atoms with Crippen molar-refractivity contribution in [1.29, 1.82) is 0 Å². The molecule has 1 aromatic rings. The largest absolute Gasteiger partial charge is 0.470 e. The molecule has 1 aromatic heterocycles. The second-order valence-corrected chi connectivity index (χ2v) is 2.63. The maximum absolute atomic E-state index is 4.83. The van der Waals surface area contributed by atoms with Gasteiger partial charge in [-0.05, 0) is 19.1 Å². The third kappa shape index (κ3) is 4.16. The third-order valence-corrected chi connectivity index (χ3v) is 1.42. The highest BCUT2D eigenvalue weighted by atomic mass is 16.6. The highest BCUT2D eigenvalue weighted by Crippen LogP contribution is 2.06. The molecular weight excluding hydrogens is 156 g/mol. The second-order valence-electron chi connectivity index (χ2n) is 2.63. The van der Waals surface area contributed by atoms with Crippen LogP contribution < -0.4 is 0 Å². The molecule has 3 nitrogen and oxygen atoms in total. The standard InChI is InChI=1S/C5H6O.C4H8O2/c1-5-3-2-4-6-5;1-5-2-4-3-6-4/h2-4H,1H3;4H,2-3H2,1H3. The molecule has 0 spiro atoms. The van der Waals surface area contributed by atoms with Crippen LogP contribution in [-0.2, 0) is 9.47 Å². The Labute approximate surface area is 72.3 Å². The van der Waals surface area contributed by atoms with E-state index in [9.17, 15) is 0 Å². The van der Waals surface area contributed by atoms with Crippen LogP contribution in [0.25, 0.3) is 0 Å². The lowest BCUT2D eigenvalue weighted by Crippen LogP contribution is -1.94. The molecule has 68 valence electrons. The van der Waals surface area contributed by atoms with Crippen LogP contribution >= 0.6 is 0 Å². The smallest absolute Gasteiger partial charge is 0.104 e. The number of rotatable bonds is 2. The van der Waals surface area contributed by atoms with E-state index in [2.05, 4.69) is 0 Å². The minimum atomic E-state index is 0.426. The molecule has 1 saturated heterocycles. The lowest BCUT2D eigenvalue weighted by Gasteiger charge is -1.84. The minimum absolute atomic E-state index is 0.426. The van der Waals surface area contributed by atoms with Crippen molar-refractivity contribution in [3.05, 3.63) is 24.2 Å². The van der Waals surface area contributed by atoms with Crippen molar-refractivity contribution in [2.45, 2.75) is 13.0 Å². The predicted molar refractivity (Wildman–Crippen MR) is 45.1 cm³/mol. The Balaban J connectivity index is 0.000000120. The molecule has 3 heteroatoms. The van der Waals surface area contributed by atoms with Crippen LogP contribution in [0.15, 0.2) is 22.8 Å². The molecule has 12 heavy (non-hydrogen) atoms. The molecule has 0 bridgehead atoms. The number of hydrogen-bond donors (Lipinski definition) is 0. The van der Waals surface area contributed by atoms with Crippen molar-refractivity contribution in [3.8, 4) is 0 Å². The Kier molecular flexibility index (Phi) is 3.84. The van der Waals surface area contributed by atoms with Crippen molar-refractivity contribution in [2.75, 3.05) is 20.3 Å². The number of furan rings is 1. The Morgan fingerprint density at radius 1 is 1.67 bits per heavy atom. The summed E-state index contributed by atoms with van der Waals surface area (Å²) < 4.78 is 14.4. The second kappa shape index (κ2) is 4.95. The summed E-state index contributed by atoms with van der Waals surface area (Å²) in [5.41, 5.74) is 0. The van der Waals surface area contributed by atoms with E-state index in [4.69, 9.17) is 13.9 Å². The zero-order valence-corrected chi connectivity index (χ0v) is 7.45. The molecule has 0 amide bonds. The van der Waals surface area contributed by atoms with Gasteiger partial charge in [-0.1, -0.05) is 0 Å². The lowest BCUT2D eigenvalue weighted by molar-refractivity contribution is 0.171. The Morgan fingerprint density at radius 2 is 2.42 bits per heavy atom. The number of hydrogen-bond acceptors (Lipinski definition) is 3. The van der Waals surface area contributed by atoms with Crippen LogP contribution in [0.4, 0.5) is 0 Å². The fourth-order valence-corrected chi connectivity index (χ4v) is 0.711. The first-order chi connectivity index (χ1) is 5.83. The Morgan fingerprint density at radius 3 is 2.58 bits per heavy atom. The third-order valence-electron chi connectivity index (χ3n) is 1.42. The van der Waals surface area contributed by atoms with Gasteiger partial charge in [-0.2, -0.15) is 0 Å². The zero-order valence-electron chi connectivity index (χ0n) is 7.45. The monoisotopic (exact) mass is 170 g/mol. The van der Waals surface area contributed by atoms with Crippen LogP contribution in [0.3, 0.4) is 0 Å². The molecule has 1 fully saturated rings. The first-order valence-electron chi connectivity index (χ1n) is 3.93. The average molecular weight is 170 g/mol. The van der Waals surface area contributed by atoms with E-state index in [1.54, 1.807) is 13.4 Å². The summed E-state index contributed by atoms with van der Waals surface area (Å²) in [5.74, 6) is 0.968. The van der Waals surface area contributed by atoms with Gasteiger partial charge in [0.15, 0.2) is 0 Å². The fourth-order valence-electron chi connectivity index (χ4n) is 0.711. The molecule has 0 radical (unpaired) electrons. The molecule has 1 aliphatic rings. The molecule has 1 unspecified atom stereocenters. The van der Waals surface area contributed by atoms with Crippen molar-refractivity contribution in [3.63, 3.8) is 0 Å². The van der Waals surface area contributed by atoms with Crippen LogP contribution in [0.2, 0.25) is 0 Å². The molecule has 1 aliphatic heterocycles. The Bertz CT molecular complexity index is 190. The van der Waals surface area contributed by atoms with Crippen molar-refractivity contribution >= 4 is 0 Å². The maximum atomic E-state index is 4.83. The maximum Gasteiger partial charge on any atom is 0.104 e. The zero-order chi connectivity index (χ0) is 8.81. The van der Waals surface area contributed by atoms with Crippen LogP contribution in [0.1, 0.15) is 5.76 Å². The summed E-state index contributed by atoms with van der Waals surface area (Å²) in [6.07, 6.45) is 2.09. The summed E-state index contributed by atoms with van der Waals surface area (Å²) >= 11 is 0. The van der Waals surface area contributed by atoms with E-state index < -0.39 is 0 Å². The molecule has 0 N–H and O–H groups in total. The number of aryl methyl sites for hydroxylation is 1. The number of ether oxygens (including phenoxy) is 2. The fraction of sp³-hybridized carbons (Fsp3) is 0.556. The highest BCUT2D eigenvalue weighted by Gasteiger charge is 2.21. The van der Waals surface area contributed by atoms with Gasteiger partial charge in [0.2, 0.25) is 0 Å². The van der Waals surface area contributed by atoms with E-state index in [0.717, 1.165) is 19.0 Å². The highest BCUT2D eigenvalue weighted by molar-refractivity contribution is 4.93. The summed E-state index contributed by atoms with van der Waals surface area (Å²) in [7, 11) is 1.68. The molecule has 0 aromatic carbocycles. The first-order valence-corrected chi connectivity index (χ1v) is 3.93. The number of epoxide rings is 1. The molecular formula is C9H14O3. The van der Waals surface area contributed by atoms with Gasteiger partial charge < -0.3 is 13.9 Å². The quantitative estimate of drug-likeness (QED) is 0.632. The molecule has 0 saturated carbocycles. The molecule has 0 aliphatic carbocycles. The van der Waals surface area contributed by atoms with E-state index in [1.165, 1.54) is 0 Å². The summed E-state index contributed by atoms with van der Waals surface area (Å²) in [6, 6.07) is 3.79. The van der Waals surface area contributed by atoms with E-state index in [0.29, 0.717) is 6.10 Å².